The smallest absolute Gasteiger partial charge is 0.348 e. The first kappa shape index (κ1) is 17.0. The molecule has 23 heavy (non-hydrogen) atoms. The minimum Gasteiger partial charge on any atom is -0.348 e. The summed E-state index contributed by atoms with van der Waals surface area (Å²) in [5, 5.41) is 1.56. The van der Waals surface area contributed by atoms with Crippen molar-refractivity contribution in [2.45, 2.75) is 69.5 Å². The van der Waals surface area contributed by atoms with Crippen LogP contribution < -0.4 is 5.43 Å². The van der Waals surface area contributed by atoms with Crippen LogP contribution in [0.4, 0.5) is 13.2 Å². The lowest BCUT2D eigenvalue weighted by Gasteiger charge is -2.46. The van der Waals surface area contributed by atoms with Crippen molar-refractivity contribution in [3.63, 3.8) is 0 Å². The number of hydrogen-bond donors (Lipinski definition) is 1. The van der Waals surface area contributed by atoms with Gasteiger partial charge >= 0.3 is 6.18 Å². The van der Waals surface area contributed by atoms with Crippen LogP contribution in [0.25, 0.3) is 0 Å². The number of hydrogen-bond acceptors (Lipinski definition) is 4. The highest BCUT2D eigenvalue weighted by molar-refractivity contribution is 5.20. The normalized spacial score (nSPS) is 32.2. The topological polar surface area (TPSA) is 33.7 Å². The third-order valence-corrected chi connectivity index (χ3v) is 5.19. The monoisotopic (exact) mass is 334 g/mol. The zero-order valence-electron chi connectivity index (χ0n) is 13.9. The molecule has 0 aromatic carbocycles. The molecule has 1 saturated carbocycles. The Bertz CT molecular complexity index is 471. The minimum absolute atomic E-state index is 0.420. The molecule has 3 rings (SSSR count). The third kappa shape index (κ3) is 2.87. The maximum Gasteiger partial charge on any atom is 0.412 e. The van der Waals surface area contributed by atoms with Gasteiger partial charge in [-0.15, -0.1) is 0 Å². The molecule has 2 fully saturated rings. The molecular weight excluding hydrogens is 309 g/mol. The average molecular weight is 334 g/mol. The van der Waals surface area contributed by atoms with E-state index in [-0.39, 0.29) is 0 Å². The Hall–Kier alpha value is -0.790. The van der Waals surface area contributed by atoms with Gasteiger partial charge in [-0.25, -0.2) is 5.43 Å². The number of nitrogens with zero attached hydrogens (tertiary/aromatic N) is 1. The molecule has 3 aliphatic rings. The SMILES string of the molecule is CC(C)(C)N1C=CC(C2CCC3(CC2)OCCO3)(C(F)(F)F)N1. The van der Waals surface area contributed by atoms with E-state index in [1.807, 2.05) is 20.8 Å². The summed E-state index contributed by atoms with van der Waals surface area (Å²) in [4.78, 5) is 0. The Kier molecular flexibility index (Phi) is 3.97. The summed E-state index contributed by atoms with van der Waals surface area (Å²) in [7, 11) is 0. The van der Waals surface area contributed by atoms with Gasteiger partial charge in [0, 0.05) is 24.6 Å². The second-order valence-electron chi connectivity index (χ2n) is 7.72. The molecule has 1 aliphatic carbocycles. The maximum absolute atomic E-state index is 13.9. The van der Waals surface area contributed by atoms with Crippen molar-refractivity contribution in [3.05, 3.63) is 12.3 Å². The Morgan fingerprint density at radius 1 is 1.09 bits per heavy atom. The van der Waals surface area contributed by atoms with Crippen molar-refractivity contribution >= 4 is 0 Å². The molecule has 0 radical (unpaired) electrons. The van der Waals surface area contributed by atoms with Crippen molar-refractivity contribution in [1.82, 2.24) is 10.4 Å². The van der Waals surface area contributed by atoms with Crippen LogP contribution in [-0.4, -0.2) is 41.3 Å². The van der Waals surface area contributed by atoms with Gasteiger partial charge in [-0.3, -0.25) is 0 Å². The molecule has 132 valence electrons. The molecule has 2 heterocycles. The molecule has 1 N–H and O–H groups in total. The first-order valence-corrected chi connectivity index (χ1v) is 8.19. The van der Waals surface area contributed by atoms with Crippen LogP contribution in [0.1, 0.15) is 46.5 Å². The largest absolute Gasteiger partial charge is 0.412 e. The van der Waals surface area contributed by atoms with Crippen molar-refractivity contribution in [2.24, 2.45) is 5.92 Å². The zero-order valence-corrected chi connectivity index (χ0v) is 13.9. The summed E-state index contributed by atoms with van der Waals surface area (Å²) in [6, 6.07) is 0. The van der Waals surface area contributed by atoms with Crippen LogP contribution in [0.15, 0.2) is 12.3 Å². The van der Waals surface area contributed by atoms with Gasteiger partial charge in [0.2, 0.25) is 0 Å². The van der Waals surface area contributed by atoms with E-state index < -0.39 is 29.0 Å². The van der Waals surface area contributed by atoms with E-state index in [2.05, 4.69) is 5.43 Å². The van der Waals surface area contributed by atoms with Crippen molar-refractivity contribution < 1.29 is 22.6 Å². The molecule has 2 aliphatic heterocycles. The molecule has 0 aromatic heterocycles. The van der Waals surface area contributed by atoms with Crippen molar-refractivity contribution in [3.8, 4) is 0 Å². The molecular formula is C16H25F3N2O2. The van der Waals surface area contributed by atoms with Gasteiger partial charge in [0.15, 0.2) is 11.3 Å². The first-order valence-electron chi connectivity index (χ1n) is 8.19. The van der Waals surface area contributed by atoms with E-state index in [0.717, 1.165) is 0 Å². The van der Waals surface area contributed by atoms with E-state index >= 15 is 0 Å². The van der Waals surface area contributed by atoms with E-state index in [1.165, 1.54) is 12.3 Å². The zero-order chi connectivity index (χ0) is 16.9. The lowest BCUT2D eigenvalue weighted by Crippen LogP contribution is -2.64. The molecule has 0 bridgehead atoms. The molecule has 7 heteroatoms. The molecule has 0 aromatic rings. The van der Waals surface area contributed by atoms with Gasteiger partial charge < -0.3 is 14.5 Å². The van der Waals surface area contributed by atoms with Crippen molar-refractivity contribution in [1.29, 1.82) is 0 Å². The highest BCUT2D eigenvalue weighted by Crippen LogP contribution is 2.49. The van der Waals surface area contributed by atoms with Gasteiger partial charge in [-0.05, 0) is 45.6 Å². The quantitative estimate of drug-likeness (QED) is 0.797. The summed E-state index contributed by atoms with van der Waals surface area (Å²) in [6.45, 7) is 6.71. The van der Waals surface area contributed by atoms with E-state index in [4.69, 9.17) is 9.47 Å². The number of ether oxygens (including phenoxy) is 2. The lowest BCUT2D eigenvalue weighted by molar-refractivity contribution is -0.228. The lowest BCUT2D eigenvalue weighted by atomic mass is 9.73. The predicted octanol–water partition coefficient (Wildman–Crippen LogP) is 3.35. The van der Waals surface area contributed by atoms with Crippen LogP contribution in [0.3, 0.4) is 0 Å². The number of nitrogens with one attached hydrogen (secondary N) is 1. The Morgan fingerprint density at radius 3 is 2.09 bits per heavy atom. The molecule has 1 unspecified atom stereocenters. The second-order valence-corrected chi connectivity index (χ2v) is 7.72. The second kappa shape index (κ2) is 5.36. The summed E-state index contributed by atoms with van der Waals surface area (Å²) >= 11 is 0. The van der Waals surface area contributed by atoms with Gasteiger partial charge in [-0.2, -0.15) is 13.2 Å². The number of halogens is 3. The molecule has 1 atom stereocenters. The van der Waals surface area contributed by atoms with E-state index in [0.29, 0.717) is 38.9 Å². The standard InChI is InChI=1S/C16H25F3N2O2/c1-13(2,3)21-9-8-15(20-21,16(17,18)19)12-4-6-14(7-5-12)22-10-11-23-14/h8-9,12,20H,4-7,10-11H2,1-3H3. The summed E-state index contributed by atoms with van der Waals surface area (Å²) in [6.07, 6.45) is 0.346. The minimum atomic E-state index is -4.35. The van der Waals surface area contributed by atoms with Gasteiger partial charge in [-0.1, -0.05) is 0 Å². The third-order valence-electron chi connectivity index (χ3n) is 5.19. The summed E-state index contributed by atoms with van der Waals surface area (Å²) in [5.41, 5.74) is 0.330. The van der Waals surface area contributed by atoms with Crippen LogP contribution in [0, 0.1) is 5.92 Å². The highest BCUT2D eigenvalue weighted by Gasteiger charge is 2.62. The summed E-state index contributed by atoms with van der Waals surface area (Å²) < 4.78 is 53.1. The van der Waals surface area contributed by atoms with Crippen molar-refractivity contribution in [2.75, 3.05) is 13.2 Å². The van der Waals surface area contributed by atoms with E-state index in [1.54, 1.807) is 5.01 Å². The fraction of sp³-hybridized carbons (Fsp3) is 0.875. The number of rotatable bonds is 1. The predicted molar refractivity (Wildman–Crippen MR) is 79.2 cm³/mol. The molecule has 4 nitrogen and oxygen atoms in total. The molecule has 0 amide bonds. The molecule has 1 spiro atoms. The van der Waals surface area contributed by atoms with Crippen LogP contribution in [0.2, 0.25) is 0 Å². The van der Waals surface area contributed by atoms with E-state index in [9.17, 15) is 13.2 Å². The Labute approximate surface area is 135 Å². The number of hydrazine groups is 1. The maximum atomic E-state index is 13.9. The fourth-order valence-corrected chi connectivity index (χ4v) is 3.77. The van der Waals surface area contributed by atoms with Gasteiger partial charge in [0.1, 0.15) is 0 Å². The highest BCUT2D eigenvalue weighted by atomic mass is 19.4. The van der Waals surface area contributed by atoms with Gasteiger partial charge in [0.25, 0.3) is 0 Å². The Balaban J connectivity index is 1.78. The number of alkyl halides is 3. The Morgan fingerprint density at radius 2 is 1.65 bits per heavy atom. The molecule has 1 saturated heterocycles. The first-order chi connectivity index (χ1) is 10.6. The van der Waals surface area contributed by atoms with Crippen LogP contribution >= 0.6 is 0 Å². The van der Waals surface area contributed by atoms with Gasteiger partial charge in [0.05, 0.1) is 13.2 Å². The average Bonchev–Trinajstić information content (AvgIpc) is 3.06. The van der Waals surface area contributed by atoms with Crippen LogP contribution in [-0.2, 0) is 9.47 Å². The van der Waals surface area contributed by atoms with Crippen LogP contribution in [0.5, 0.6) is 0 Å². The summed E-state index contributed by atoms with van der Waals surface area (Å²) in [5.74, 6) is -1.17. The fourth-order valence-electron chi connectivity index (χ4n) is 3.77.